The molecule has 0 bridgehead atoms. The lowest BCUT2D eigenvalue weighted by molar-refractivity contribution is 0.285. The Morgan fingerprint density at radius 3 is 2.73 bits per heavy atom. The normalized spacial score (nSPS) is 10.9. The zero-order chi connectivity index (χ0) is 11.0. The van der Waals surface area contributed by atoms with Crippen LogP contribution >= 0.6 is 34.5 Å². The molecule has 0 unspecified atom stereocenters. The van der Waals surface area contributed by atoms with Gasteiger partial charge in [-0.15, -0.1) is 0 Å². The van der Waals surface area contributed by atoms with Crippen LogP contribution in [0.4, 0.5) is 0 Å². The zero-order valence-corrected chi connectivity index (χ0v) is 10.1. The summed E-state index contributed by atoms with van der Waals surface area (Å²) in [6, 6.07) is 0. The Labute approximate surface area is 100 Å². The van der Waals surface area contributed by atoms with E-state index in [4.69, 9.17) is 28.3 Å². The lowest BCUT2D eigenvalue weighted by Gasteiger charge is -1.91. The number of aromatic nitrogens is 3. The van der Waals surface area contributed by atoms with Crippen molar-refractivity contribution in [3.8, 4) is 5.13 Å². The molecular weight excluding hydrogens is 257 g/mol. The molecule has 2 aromatic rings. The molecule has 15 heavy (non-hydrogen) atoms. The van der Waals surface area contributed by atoms with Crippen LogP contribution in [0, 0.1) is 6.92 Å². The third-order valence-electron chi connectivity index (χ3n) is 1.82. The third kappa shape index (κ3) is 2.01. The highest BCUT2D eigenvalue weighted by atomic mass is 35.5. The fourth-order valence-corrected chi connectivity index (χ4v) is 2.23. The van der Waals surface area contributed by atoms with Gasteiger partial charge in [0.05, 0.1) is 28.4 Å². The summed E-state index contributed by atoms with van der Waals surface area (Å²) in [5, 5.41) is 14.6. The van der Waals surface area contributed by atoms with E-state index >= 15 is 0 Å². The van der Waals surface area contributed by atoms with E-state index < -0.39 is 0 Å². The molecule has 0 radical (unpaired) electrons. The number of aliphatic hydroxyl groups excluding tert-OH is 1. The average molecular weight is 264 g/mol. The maximum atomic E-state index is 8.97. The van der Waals surface area contributed by atoms with Gasteiger partial charge in [0.2, 0.25) is 5.13 Å². The molecule has 4 nitrogen and oxygen atoms in total. The maximum absolute atomic E-state index is 8.97. The predicted octanol–water partition coefficient (Wildman–Crippen LogP) is 2.44. The highest BCUT2D eigenvalue weighted by molar-refractivity contribution is 7.14. The smallest absolute Gasteiger partial charge is 0.212 e. The second-order valence-electron chi connectivity index (χ2n) is 2.88. The van der Waals surface area contributed by atoms with Crippen molar-refractivity contribution >= 4 is 34.5 Å². The molecule has 0 aliphatic carbocycles. The molecule has 0 aromatic carbocycles. The molecule has 0 atom stereocenters. The maximum Gasteiger partial charge on any atom is 0.212 e. The minimum absolute atomic E-state index is 0.121. The van der Waals surface area contributed by atoms with Crippen molar-refractivity contribution in [1.29, 1.82) is 0 Å². The van der Waals surface area contributed by atoms with Crippen molar-refractivity contribution < 1.29 is 5.11 Å². The first kappa shape index (κ1) is 10.9. The first-order chi connectivity index (χ1) is 7.11. The van der Waals surface area contributed by atoms with Crippen LogP contribution in [0.3, 0.4) is 0 Å². The number of halogens is 2. The topological polar surface area (TPSA) is 50.9 Å². The number of hydrogen-bond acceptors (Lipinski definition) is 4. The van der Waals surface area contributed by atoms with Gasteiger partial charge < -0.3 is 5.11 Å². The molecule has 0 saturated heterocycles. The fourth-order valence-electron chi connectivity index (χ4n) is 1.05. The zero-order valence-electron chi connectivity index (χ0n) is 7.74. The van der Waals surface area contributed by atoms with Gasteiger partial charge in [-0.3, -0.25) is 0 Å². The Morgan fingerprint density at radius 1 is 1.53 bits per heavy atom. The first-order valence-electron chi connectivity index (χ1n) is 4.10. The van der Waals surface area contributed by atoms with Crippen molar-refractivity contribution in [1.82, 2.24) is 14.8 Å². The van der Waals surface area contributed by atoms with Crippen molar-refractivity contribution in [2.45, 2.75) is 13.5 Å². The van der Waals surface area contributed by atoms with E-state index in [2.05, 4.69) is 10.1 Å². The quantitative estimate of drug-likeness (QED) is 0.906. The van der Waals surface area contributed by atoms with Gasteiger partial charge in [0.15, 0.2) is 0 Å². The summed E-state index contributed by atoms with van der Waals surface area (Å²) in [7, 11) is 0. The monoisotopic (exact) mass is 263 g/mol. The molecule has 0 aliphatic heterocycles. The van der Waals surface area contributed by atoms with Gasteiger partial charge in [-0.1, -0.05) is 34.5 Å². The van der Waals surface area contributed by atoms with E-state index in [1.165, 1.54) is 11.3 Å². The minimum Gasteiger partial charge on any atom is -0.391 e. The van der Waals surface area contributed by atoms with E-state index in [-0.39, 0.29) is 6.61 Å². The van der Waals surface area contributed by atoms with Gasteiger partial charge >= 0.3 is 0 Å². The van der Waals surface area contributed by atoms with Gasteiger partial charge in [-0.05, 0) is 6.92 Å². The van der Waals surface area contributed by atoms with E-state index in [1.807, 2.05) is 0 Å². The number of nitrogens with zero attached hydrogens (tertiary/aromatic N) is 3. The first-order valence-corrected chi connectivity index (χ1v) is 5.67. The predicted molar refractivity (Wildman–Crippen MR) is 59.9 cm³/mol. The Kier molecular flexibility index (Phi) is 2.97. The average Bonchev–Trinajstić information content (AvgIpc) is 2.71. The SMILES string of the molecule is Cc1nn(-c2nc(Cl)c(CO)s2)cc1Cl. The van der Waals surface area contributed by atoms with E-state index in [9.17, 15) is 0 Å². The fraction of sp³-hybridized carbons (Fsp3) is 0.250. The molecule has 80 valence electrons. The molecule has 0 fully saturated rings. The molecule has 0 saturated carbocycles. The summed E-state index contributed by atoms with van der Waals surface area (Å²) in [6.45, 7) is 1.69. The molecule has 0 amide bonds. The van der Waals surface area contributed by atoms with Crippen LogP contribution in [0.25, 0.3) is 5.13 Å². The van der Waals surface area contributed by atoms with Gasteiger partial charge in [-0.2, -0.15) is 5.10 Å². The molecule has 0 spiro atoms. The largest absolute Gasteiger partial charge is 0.391 e. The highest BCUT2D eigenvalue weighted by Crippen LogP contribution is 2.26. The summed E-state index contributed by atoms with van der Waals surface area (Å²) in [6.07, 6.45) is 1.66. The van der Waals surface area contributed by atoms with E-state index in [1.54, 1.807) is 17.8 Å². The van der Waals surface area contributed by atoms with Crippen LogP contribution in [0.15, 0.2) is 6.20 Å². The molecule has 0 aliphatic rings. The number of rotatable bonds is 2. The third-order valence-corrected chi connectivity index (χ3v) is 3.64. The summed E-state index contributed by atoms with van der Waals surface area (Å²) in [4.78, 5) is 4.69. The minimum atomic E-state index is -0.121. The second-order valence-corrected chi connectivity index (χ2v) is 4.70. The molecule has 7 heteroatoms. The van der Waals surface area contributed by atoms with Crippen LogP contribution in [0.1, 0.15) is 10.6 Å². The molecule has 2 heterocycles. The van der Waals surface area contributed by atoms with Gasteiger partial charge in [0, 0.05) is 0 Å². The standard InChI is InChI=1S/C8H7Cl2N3OS/c1-4-5(9)2-13(12-4)8-11-7(10)6(3-14)15-8/h2,14H,3H2,1H3. The van der Waals surface area contributed by atoms with E-state index in [0.717, 1.165) is 5.69 Å². The van der Waals surface area contributed by atoms with E-state index in [0.29, 0.717) is 20.2 Å². The van der Waals surface area contributed by atoms with Crippen molar-refractivity contribution in [3.05, 3.63) is 26.9 Å². The second kappa shape index (κ2) is 4.09. The van der Waals surface area contributed by atoms with Crippen LogP contribution in [0.2, 0.25) is 10.2 Å². The van der Waals surface area contributed by atoms with Crippen LogP contribution in [-0.4, -0.2) is 19.9 Å². The number of aryl methyl sites for hydroxylation is 1. The molecule has 2 rings (SSSR count). The Morgan fingerprint density at radius 2 is 2.27 bits per heavy atom. The summed E-state index contributed by atoms with van der Waals surface area (Å²) < 4.78 is 1.55. The van der Waals surface area contributed by atoms with Gasteiger partial charge in [-0.25, -0.2) is 9.67 Å². The Bertz CT molecular complexity index is 475. The number of aliphatic hydroxyl groups is 1. The Balaban J connectivity index is 2.45. The number of hydrogen-bond donors (Lipinski definition) is 1. The summed E-state index contributed by atoms with van der Waals surface area (Å²) >= 11 is 13.0. The molecular formula is C8H7Cl2N3OS. The van der Waals surface area contributed by atoms with Crippen molar-refractivity contribution in [3.63, 3.8) is 0 Å². The van der Waals surface area contributed by atoms with Crippen molar-refractivity contribution in [2.75, 3.05) is 0 Å². The Hall–Kier alpha value is -0.620. The highest BCUT2D eigenvalue weighted by Gasteiger charge is 2.11. The van der Waals surface area contributed by atoms with Gasteiger partial charge in [0.1, 0.15) is 5.15 Å². The molecule has 1 N–H and O–H groups in total. The van der Waals surface area contributed by atoms with Crippen molar-refractivity contribution in [2.24, 2.45) is 0 Å². The summed E-state index contributed by atoms with van der Waals surface area (Å²) in [5.41, 5.74) is 0.730. The lowest BCUT2D eigenvalue weighted by Crippen LogP contribution is -1.93. The summed E-state index contributed by atoms with van der Waals surface area (Å²) in [5.74, 6) is 0. The van der Waals surface area contributed by atoms with Crippen LogP contribution in [-0.2, 0) is 6.61 Å². The lowest BCUT2D eigenvalue weighted by atomic mass is 10.5. The number of thiazole rings is 1. The van der Waals surface area contributed by atoms with Gasteiger partial charge in [0.25, 0.3) is 0 Å². The van der Waals surface area contributed by atoms with Crippen LogP contribution in [0.5, 0.6) is 0 Å². The molecule has 2 aromatic heterocycles. The van der Waals surface area contributed by atoms with Crippen LogP contribution < -0.4 is 0 Å².